The second kappa shape index (κ2) is 7.23. The zero-order valence-electron chi connectivity index (χ0n) is 15.3. The van der Waals surface area contributed by atoms with Crippen LogP contribution in [0.3, 0.4) is 0 Å². The molecule has 8 nitrogen and oxygen atoms in total. The molecule has 2 fully saturated rings. The van der Waals surface area contributed by atoms with Gasteiger partial charge in [0.15, 0.2) is 0 Å². The van der Waals surface area contributed by atoms with E-state index in [4.69, 9.17) is 9.15 Å². The minimum atomic E-state index is -3.49. The number of carbonyl (C=O) groups is 1. The molecule has 0 atom stereocenters. The van der Waals surface area contributed by atoms with E-state index in [9.17, 15) is 13.2 Å². The summed E-state index contributed by atoms with van der Waals surface area (Å²) in [5.41, 5.74) is 1.35. The standard InChI is InChI=1S/C18H23N3O5S/c1-14-12-16-13-15(2-3-17(16)26-14)18(22)19-4-6-20(7-5-19)27(23,24)21-8-10-25-11-9-21/h2-3,12-13H,4-11H2,1H3. The minimum absolute atomic E-state index is 0.0841. The van der Waals surface area contributed by atoms with E-state index in [1.165, 1.54) is 8.61 Å². The van der Waals surface area contributed by atoms with Crippen LogP contribution >= 0.6 is 0 Å². The zero-order valence-corrected chi connectivity index (χ0v) is 16.1. The second-order valence-corrected chi connectivity index (χ2v) is 8.75. The highest BCUT2D eigenvalue weighted by molar-refractivity contribution is 7.86. The molecule has 9 heteroatoms. The zero-order chi connectivity index (χ0) is 19.0. The Kier molecular flexibility index (Phi) is 4.94. The van der Waals surface area contributed by atoms with Gasteiger partial charge in [-0.2, -0.15) is 17.0 Å². The molecule has 0 aliphatic carbocycles. The third-order valence-electron chi connectivity index (χ3n) is 5.03. The number of piperazine rings is 1. The van der Waals surface area contributed by atoms with Crippen molar-refractivity contribution in [3.8, 4) is 0 Å². The molecule has 0 saturated carbocycles. The lowest BCUT2D eigenvalue weighted by molar-refractivity contribution is 0.0636. The van der Waals surface area contributed by atoms with Crippen LogP contribution in [0, 0.1) is 6.92 Å². The van der Waals surface area contributed by atoms with E-state index >= 15 is 0 Å². The van der Waals surface area contributed by atoms with Crippen molar-refractivity contribution in [3.05, 3.63) is 35.6 Å². The summed E-state index contributed by atoms with van der Waals surface area (Å²) in [6.45, 7) is 4.85. The molecule has 27 heavy (non-hydrogen) atoms. The summed E-state index contributed by atoms with van der Waals surface area (Å²) in [5.74, 6) is 0.718. The first-order valence-corrected chi connectivity index (χ1v) is 10.5. The molecular weight excluding hydrogens is 370 g/mol. The summed E-state index contributed by atoms with van der Waals surface area (Å²) in [6.07, 6.45) is 0. The Labute approximate surface area is 158 Å². The van der Waals surface area contributed by atoms with Gasteiger partial charge in [0.25, 0.3) is 16.1 Å². The fourth-order valence-corrected chi connectivity index (χ4v) is 5.12. The smallest absolute Gasteiger partial charge is 0.282 e. The van der Waals surface area contributed by atoms with Gasteiger partial charge >= 0.3 is 0 Å². The first kappa shape index (κ1) is 18.4. The van der Waals surface area contributed by atoms with Crippen molar-refractivity contribution in [2.45, 2.75) is 6.92 Å². The summed E-state index contributed by atoms with van der Waals surface area (Å²) in [6, 6.07) is 7.28. The van der Waals surface area contributed by atoms with Crippen LogP contribution in [0.4, 0.5) is 0 Å². The monoisotopic (exact) mass is 393 g/mol. The Morgan fingerprint density at radius 2 is 1.63 bits per heavy atom. The van der Waals surface area contributed by atoms with Gasteiger partial charge < -0.3 is 14.1 Å². The van der Waals surface area contributed by atoms with Gasteiger partial charge in [0.2, 0.25) is 0 Å². The average molecular weight is 393 g/mol. The van der Waals surface area contributed by atoms with Crippen LogP contribution < -0.4 is 0 Å². The Morgan fingerprint density at radius 1 is 0.963 bits per heavy atom. The summed E-state index contributed by atoms with van der Waals surface area (Å²) in [7, 11) is -3.49. The number of furan rings is 1. The number of hydrogen-bond acceptors (Lipinski definition) is 5. The SMILES string of the molecule is Cc1cc2cc(C(=O)N3CCN(S(=O)(=O)N4CCOCC4)CC3)ccc2o1. The molecule has 1 amide bonds. The molecule has 1 aromatic carbocycles. The van der Waals surface area contributed by atoms with Gasteiger partial charge in [-0.05, 0) is 31.2 Å². The Morgan fingerprint density at radius 3 is 2.33 bits per heavy atom. The van der Waals surface area contributed by atoms with E-state index in [1.54, 1.807) is 17.0 Å². The fourth-order valence-electron chi connectivity index (χ4n) is 3.55. The molecule has 146 valence electrons. The lowest BCUT2D eigenvalue weighted by atomic mass is 10.1. The molecule has 0 radical (unpaired) electrons. The number of ether oxygens (including phenoxy) is 1. The van der Waals surface area contributed by atoms with E-state index in [0.29, 0.717) is 58.0 Å². The van der Waals surface area contributed by atoms with Gasteiger partial charge in [-0.1, -0.05) is 0 Å². The molecule has 0 spiro atoms. The predicted molar refractivity (Wildman–Crippen MR) is 99.7 cm³/mol. The van der Waals surface area contributed by atoms with Crippen molar-refractivity contribution in [2.24, 2.45) is 0 Å². The number of amides is 1. The average Bonchev–Trinajstić information content (AvgIpc) is 3.07. The van der Waals surface area contributed by atoms with Gasteiger partial charge in [0, 0.05) is 50.2 Å². The summed E-state index contributed by atoms with van der Waals surface area (Å²) in [5, 5.41) is 0.895. The maximum Gasteiger partial charge on any atom is 0.282 e. The molecule has 1 aromatic heterocycles. The molecule has 0 unspecified atom stereocenters. The molecule has 2 aliphatic rings. The highest BCUT2D eigenvalue weighted by Gasteiger charge is 2.34. The first-order chi connectivity index (χ1) is 12.9. The summed E-state index contributed by atoms with van der Waals surface area (Å²) in [4.78, 5) is 14.5. The second-order valence-electron chi connectivity index (χ2n) is 6.82. The number of nitrogens with zero attached hydrogens (tertiary/aromatic N) is 3. The summed E-state index contributed by atoms with van der Waals surface area (Å²) >= 11 is 0. The van der Waals surface area contributed by atoms with Crippen LogP contribution in [0.15, 0.2) is 28.7 Å². The van der Waals surface area contributed by atoms with Crippen molar-refractivity contribution < 1.29 is 22.4 Å². The van der Waals surface area contributed by atoms with Crippen molar-refractivity contribution in [1.82, 2.24) is 13.5 Å². The Hall–Kier alpha value is -1.94. The van der Waals surface area contributed by atoms with Gasteiger partial charge in [-0.3, -0.25) is 4.79 Å². The molecule has 2 aromatic rings. The van der Waals surface area contributed by atoms with E-state index in [1.807, 2.05) is 19.1 Å². The number of aryl methyl sites for hydroxylation is 1. The number of hydrogen-bond donors (Lipinski definition) is 0. The third-order valence-corrected chi connectivity index (χ3v) is 7.07. The van der Waals surface area contributed by atoms with Gasteiger partial charge in [-0.25, -0.2) is 0 Å². The number of carbonyl (C=O) groups excluding carboxylic acids is 1. The highest BCUT2D eigenvalue weighted by atomic mass is 32.2. The van der Waals surface area contributed by atoms with E-state index in [2.05, 4.69) is 0 Å². The van der Waals surface area contributed by atoms with Crippen LogP contribution in [0.1, 0.15) is 16.1 Å². The van der Waals surface area contributed by atoms with Crippen LogP contribution in [0.2, 0.25) is 0 Å². The molecular formula is C18H23N3O5S. The van der Waals surface area contributed by atoms with Gasteiger partial charge in [0.1, 0.15) is 11.3 Å². The van der Waals surface area contributed by atoms with E-state index < -0.39 is 10.2 Å². The van der Waals surface area contributed by atoms with Crippen molar-refractivity contribution in [2.75, 3.05) is 52.5 Å². The number of benzene rings is 1. The third kappa shape index (κ3) is 3.60. The summed E-state index contributed by atoms with van der Waals surface area (Å²) < 4.78 is 39.1. The normalized spacial score (nSPS) is 20.3. The molecule has 4 rings (SSSR count). The van der Waals surface area contributed by atoms with Crippen molar-refractivity contribution >= 4 is 27.1 Å². The number of morpholine rings is 1. The van der Waals surface area contributed by atoms with Crippen LogP contribution in [-0.2, 0) is 14.9 Å². The van der Waals surface area contributed by atoms with Crippen LogP contribution in [-0.4, -0.2) is 80.3 Å². The van der Waals surface area contributed by atoms with Crippen molar-refractivity contribution in [1.29, 1.82) is 0 Å². The number of rotatable bonds is 3. The number of fused-ring (bicyclic) bond motifs is 1. The lowest BCUT2D eigenvalue weighted by Gasteiger charge is -2.37. The first-order valence-electron chi connectivity index (χ1n) is 9.07. The largest absolute Gasteiger partial charge is 0.461 e. The predicted octanol–water partition coefficient (Wildman–Crippen LogP) is 1.08. The van der Waals surface area contributed by atoms with Crippen LogP contribution in [0.5, 0.6) is 0 Å². The van der Waals surface area contributed by atoms with Gasteiger partial charge in [0.05, 0.1) is 13.2 Å². The molecule has 2 aliphatic heterocycles. The topological polar surface area (TPSA) is 83.3 Å². The van der Waals surface area contributed by atoms with E-state index in [-0.39, 0.29) is 5.91 Å². The maximum absolute atomic E-state index is 12.8. The Balaban J connectivity index is 1.42. The molecule has 2 saturated heterocycles. The fraction of sp³-hybridized carbons (Fsp3) is 0.500. The van der Waals surface area contributed by atoms with Crippen molar-refractivity contribution in [3.63, 3.8) is 0 Å². The Bertz CT molecular complexity index is 941. The molecule has 3 heterocycles. The molecule has 0 N–H and O–H groups in total. The minimum Gasteiger partial charge on any atom is -0.461 e. The van der Waals surface area contributed by atoms with Gasteiger partial charge in [-0.15, -0.1) is 0 Å². The highest BCUT2D eigenvalue weighted by Crippen LogP contribution is 2.22. The van der Waals surface area contributed by atoms with E-state index in [0.717, 1.165) is 16.7 Å². The van der Waals surface area contributed by atoms with Crippen LogP contribution in [0.25, 0.3) is 11.0 Å². The maximum atomic E-state index is 12.8. The molecule has 0 bridgehead atoms. The lowest BCUT2D eigenvalue weighted by Crippen LogP contribution is -2.55. The quantitative estimate of drug-likeness (QED) is 0.779.